The molecule has 0 saturated heterocycles. The van der Waals surface area contributed by atoms with Gasteiger partial charge < -0.3 is 0 Å². The standard InChI is InChI=1S/C12H10F2N2O3S2/c1-6-3-10(9(14)4-8(6)13)21(18,19)16-12(17)11-7(2)15-5-20-11/h3-5H,1-2H3,(H,16,17). The van der Waals surface area contributed by atoms with Gasteiger partial charge in [-0.3, -0.25) is 4.79 Å². The number of thiazole rings is 1. The van der Waals surface area contributed by atoms with E-state index in [0.29, 0.717) is 11.8 Å². The summed E-state index contributed by atoms with van der Waals surface area (Å²) in [5.41, 5.74) is 1.71. The average Bonchev–Trinajstić information content (AvgIpc) is 2.79. The molecule has 0 radical (unpaired) electrons. The van der Waals surface area contributed by atoms with Gasteiger partial charge in [-0.25, -0.2) is 26.9 Å². The lowest BCUT2D eigenvalue weighted by Gasteiger charge is -2.08. The minimum atomic E-state index is -4.43. The molecule has 0 aliphatic carbocycles. The number of amides is 1. The van der Waals surface area contributed by atoms with Crippen molar-refractivity contribution in [2.24, 2.45) is 0 Å². The van der Waals surface area contributed by atoms with Crippen molar-refractivity contribution in [3.63, 3.8) is 0 Å². The summed E-state index contributed by atoms with van der Waals surface area (Å²) >= 11 is 0.962. The van der Waals surface area contributed by atoms with Crippen molar-refractivity contribution in [1.29, 1.82) is 0 Å². The van der Waals surface area contributed by atoms with Crippen molar-refractivity contribution in [2.75, 3.05) is 0 Å². The summed E-state index contributed by atoms with van der Waals surface area (Å²) in [5.74, 6) is -3.04. The van der Waals surface area contributed by atoms with E-state index < -0.39 is 32.5 Å². The number of nitrogens with zero attached hydrogens (tertiary/aromatic N) is 1. The Bertz CT molecular complexity index is 816. The van der Waals surface area contributed by atoms with Gasteiger partial charge in [0.05, 0.1) is 11.2 Å². The average molecular weight is 332 g/mol. The van der Waals surface area contributed by atoms with Crippen LogP contribution in [0.5, 0.6) is 0 Å². The summed E-state index contributed by atoms with van der Waals surface area (Å²) in [6.45, 7) is 2.84. The highest BCUT2D eigenvalue weighted by atomic mass is 32.2. The Hall–Kier alpha value is -1.87. The number of aryl methyl sites for hydroxylation is 2. The molecule has 2 rings (SSSR count). The Morgan fingerprint density at radius 1 is 1.24 bits per heavy atom. The van der Waals surface area contributed by atoms with E-state index in [1.165, 1.54) is 12.4 Å². The lowest BCUT2D eigenvalue weighted by molar-refractivity contribution is 0.0984. The number of aromatic nitrogens is 1. The first-order valence-electron chi connectivity index (χ1n) is 5.65. The number of nitrogens with one attached hydrogen (secondary N) is 1. The van der Waals surface area contributed by atoms with Crippen LogP contribution in [-0.2, 0) is 10.0 Å². The molecule has 0 fully saturated rings. The molecule has 0 aliphatic rings. The summed E-state index contributed by atoms with van der Waals surface area (Å²) < 4.78 is 52.6. The highest BCUT2D eigenvalue weighted by Crippen LogP contribution is 2.20. The van der Waals surface area contributed by atoms with Crippen molar-refractivity contribution in [2.45, 2.75) is 18.7 Å². The molecule has 2 aromatic rings. The third kappa shape index (κ3) is 3.08. The Morgan fingerprint density at radius 3 is 2.48 bits per heavy atom. The van der Waals surface area contributed by atoms with Gasteiger partial charge >= 0.3 is 0 Å². The highest BCUT2D eigenvalue weighted by molar-refractivity contribution is 7.90. The van der Waals surface area contributed by atoms with Crippen LogP contribution in [0, 0.1) is 25.5 Å². The lowest BCUT2D eigenvalue weighted by atomic mass is 10.2. The Labute approximate surface area is 123 Å². The lowest BCUT2D eigenvalue weighted by Crippen LogP contribution is -2.31. The number of sulfonamides is 1. The highest BCUT2D eigenvalue weighted by Gasteiger charge is 2.25. The minimum absolute atomic E-state index is 0.0433. The fraction of sp³-hybridized carbons (Fsp3) is 0.167. The second-order valence-corrected chi connectivity index (χ2v) is 6.74. The van der Waals surface area contributed by atoms with Crippen molar-refractivity contribution >= 4 is 27.3 Å². The molecule has 9 heteroatoms. The maximum absolute atomic E-state index is 13.6. The Morgan fingerprint density at radius 2 is 1.90 bits per heavy atom. The largest absolute Gasteiger partial charge is 0.276 e. The Balaban J connectivity index is 2.38. The fourth-order valence-corrected chi connectivity index (χ4v) is 3.45. The first-order chi connectivity index (χ1) is 9.72. The molecule has 1 aromatic carbocycles. The Kier molecular flexibility index (Phi) is 4.06. The van der Waals surface area contributed by atoms with Gasteiger partial charge in [0.1, 0.15) is 21.4 Å². The predicted molar refractivity (Wildman–Crippen MR) is 72.6 cm³/mol. The molecule has 112 valence electrons. The zero-order valence-electron chi connectivity index (χ0n) is 11.0. The van der Waals surface area contributed by atoms with Gasteiger partial charge in [-0.2, -0.15) is 0 Å². The van der Waals surface area contributed by atoms with Gasteiger partial charge in [0.2, 0.25) is 0 Å². The number of carbonyl (C=O) groups excluding carboxylic acids is 1. The maximum atomic E-state index is 13.6. The van der Waals surface area contributed by atoms with E-state index >= 15 is 0 Å². The van der Waals surface area contributed by atoms with Crippen LogP contribution in [0.2, 0.25) is 0 Å². The molecule has 0 saturated carbocycles. The second kappa shape index (κ2) is 5.49. The molecule has 1 amide bonds. The van der Waals surface area contributed by atoms with E-state index in [4.69, 9.17) is 0 Å². The molecule has 21 heavy (non-hydrogen) atoms. The molecule has 0 atom stereocenters. The number of hydrogen-bond acceptors (Lipinski definition) is 5. The smallest absolute Gasteiger partial charge is 0.267 e. The van der Waals surface area contributed by atoms with Crippen molar-refractivity contribution < 1.29 is 22.0 Å². The molecule has 1 aromatic heterocycles. The fourth-order valence-electron chi connectivity index (χ4n) is 1.58. The number of hydrogen-bond donors (Lipinski definition) is 1. The summed E-state index contributed by atoms with van der Waals surface area (Å²) in [7, 11) is -4.43. The monoisotopic (exact) mass is 332 g/mol. The first kappa shape index (κ1) is 15.5. The maximum Gasteiger partial charge on any atom is 0.276 e. The van der Waals surface area contributed by atoms with Crippen LogP contribution in [0.25, 0.3) is 0 Å². The van der Waals surface area contributed by atoms with E-state index in [-0.39, 0.29) is 10.4 Å². The number of benzene rings is 1. The molecule has 0 spiro atoms. The van der Waals surface area contributed by atoms with Gasteiger partial charge in [-0.1, -0.05) is 0 Å². The van der Waals surface area contributed by atoms with E-state index in [9.17, 15) is 22.0 Å². The van der Waals surface area contributed by atoms with Gasteiger partial charge in [0, 0.05) is 6.07 Å². The van der Waals surface area contributed by atoms with Crippen LogP contribution < -0.4 is 4.72 Å². The van der Waals surface area contributed by atoms with Gasteiger partial charge in [0.15, 0.2) is 0 Å². The van der Waals surface area contributed by atoms with Crippen LogP contribution in [0.4, 0.5) is 8.78 Å². The van der Waals surface area contributed by atoms with Crippen molar-refractivity contribution in [3.8, 4) is 0 Å². The van der Waals surface area contributed by atoms with E-state index in [0.717, 1.165) is 17.4 Å². The van der Waals surface area contributed by atoms with Crippen LogP contribution in [-0.4, -0.2) is 19.3 Å². The molecule has 1 N–H and O–H groups in total. The molecule has 0 unspecified atom stereocenters. The van der Waals surface area contributed by atoms with Crippen molar-refractivity contribution in [1.82, 2.24) is 9.71 Å². The minimum Gasteiger partial charge on any atom is -0.267 e. The summed E-state index contributed by atoms with van der Waals surface area (Å²) in [5, 5.41) is 0. The molecule has 1 heterocycles. The number of rotatable bonds is 3. The zero-order chi connectivity index (χ0) is 15.8. The van der Waals surface area contributed by atoms with E-state index in [1.807, 2.05) is 0 Å². The van der Waals surface area contributed by atoms with E-state index in [1.54, 1.807) is 11.6 Å². The van der Waals surface area contributed by atoms with Crippen LogP contribution in [0.15, 0.2) is 22.5 Å². The first-order valence-corrected chi connectivity index (χ1v) is 8.01. The second-order valence-electron chi connectivity index (χ2n) is 4.23. The number of halogens is 2. The van der Waals surface area contributed by atoms with Crippen LogP contribution >= 0.6 is 11.3 Å². The zero-order valence-corrected chi connectivity index (χ0v) is 12.6. The van der Waals surface area contributed by atoms with Crippen molar-refractivity contribution in [3.05, 3.63) is 45.4 Å². The summed E-state index contributed by atoms with van der Waals surface area (Å²) in [6.07, 6.45) is 0. The molecule has 0 aliphatic heterocycles. The van der Waals surface area contributed by atoms with E-state index in [2.05, 4.69) is 4.98 Å². The van der Waals surface area contributed by atoms with Crippen LogP contribution in [0.3, 0.4) is 0 Å². The third-order valence-electron chi connectivity index (χ3n) is 2.68. The predicted octanol–water partition coefficient (Wildman–Crippen LogP) is 2.16. The van der Waals surface area contributed by atoms with Gasteiger partial charge in [-0.05, 0) is 25.5 Å². The molecule has 0 bridgehead atoms. The molecule has 5 nitrogen and oxygen atoms in total. The summed E-state index contributed by atoms with van der Waals surface area (Å²) in [4.78, 5) is 15.0. The van der Waals surface area contributed by atoms with Crippen LogP contribution in [0.1, 0.15) is 20.9 Å². The summed E-state index contributed by atoms with van der Waals surface area (Å²) in [6, 6.07) is 1.30. The van der Waals surface area contributed by atoms with Gasteiger partial charge in [0.25, 0.3) is 15.9 Å². The molecular weight excluding hydrogens is 322 g/mol. The SMILES string of the molecule is Cc1cc(S(=O)(=O)NC(=O)c2scnc2C)c(F)cc1F. The molecular formula is C12H10F2N2O3S2. The normalized spacial score (nSPS) is 11.4. The van der Waals surface area contributed by atoms with Gasteiger partial charge in [-0.15, -0.1) is 11.3 Å². The number of carbonyl (C=O) groups is 1. The third-order valence-corrected chi connectivity index (χ3v) is 4.95. The quantitative estimate of drug-likeness (QED) is 0.934. The topological polar surface area (TPSA) is 76.1 Å².